The second kappa shape index (κ2) is 15.7. The third kappa shape index (κ3) is 10.8. The highest BCUT2D eigenvalue weighted by Crippen LogP contribution is 2.31. The van der Waals surface area contributed by atoms with Gasteiger partial charge in [0.2, 0.25) is 0 Å². The predicted molar refractivity (Wildman–Crippen MR) is 122 cm³/mol. The maximum absolute atomic E-state index is 11.5. The van der Waals surface area contributed by atoms with Crippen molar-refractivity contribution in [1.29, 1.82) is 0 Å². The van der Waals surface area contributed by atoms with Gasteiger partial charge < -0.3 is 5.11 Å². The van der Waals surface area contributed by atoms with E-state index in [0.29, 0.717) is 0 Å². The Morgan fingerprint density at radius 1 is 0.833 bits per heavy atom. The smallest absolute Gasteiger partial charge is 0.323 e. The number of phenolic OH excluding ortho intramolecular Hbond substituents is 1. The molecule has 174 valence electrons. The Bertz CT molecular complexity index is 672. The van der Waals surface area contributed by atoms with Crippen molar-refractivity contribution in [3.8, 4) is 5.75 Å². The minimum absolute atomic E-state index is 0.0778. The highest BCUT2D eigenvalue weighted by atomic mass is 32.2. The summed E-state index contributed by atoms with van der Waals surface area (Å²) in [5.74, 6) is 0.0695. The summed E-state index contributed by atoms with van der Waals surface area (Å²) in [6.45, 7) is 4.30. The third-order valence-electron chi connectivity index (χ3n) is 5.91. The van der Waals surface area contributed by atoms with Crippen LogP contribution in [-0.4, -0.2) is 18.8 Å². The van der Waals surface area contributed by atoms with Crippen LogP contribution in [0.15, 0.2) is 23.1 Å². The van der Waals surface area contributed by atoms with Crippen molar-refractivity contribution in [2.45, 2.75) is 121 Å². The molecular formula is C24H42O5S. The topological polar surface area (TPSA) is 83.8 Å². The van der Waals surface area contributed by atoms with Crippen LogP contribution in [-0.2, 0) is 14.5 Å². The van der Waals surface area contributed by atoms with Crippen LogP contribution < -0.4 is 0 Å². The molecule has 0 aliphatic carbocycles. The van der Waals surface area contributed by atoms with Crippen LogP contribution in [0.5, 0.6) is 5.75 Å². The quantitative estimate of drug-likeness (QED) is 0.139. The maximum Gasteiger partial charge on any atom is 0.323 e. The molecule has 0 fully saturated rings. The number of phenols is 1. The molecular weight excluding hydrogens is 400 g/mol. The summed E-state index contributed by atoms with van der Waals surface area (Å²) in [7, 11) is -4.21. The Kier molecular flexibility index (Phi) is 14.1. The normalized spacial score (nSPS) is 12.9. The van der Waals surface area contributed by atoms with Crippen molar-refractivity contribution in [2.24, 2.45) is 0 Å². The Hall–Kier alpha value is -1.11. The molecule has 6 heteroatoms. The van der Waals surface area contributed by atoms with Crippen molar-refractivity contribution < 1.29 is 23.1 Å². The molecule has 0 aliphatic rings. The number of aromatic hydroxyl groups is 1. The Morgan fingerprint density at radius 3 is 1.73 bits per heavy atom. The van der Waals surface area contributed by atoms with Gasteiger partial charge in [0.1, 0.15) is 10.6 Å². The fourth-order valence-electron chi connectivity index (χ4n) is 3.94. The first-order valence-corrected chi connectivity index (χ1v) is 13.2. The zero-order valence-electron chi connectivity index (χ0n) is 18.9. The first-order chi connectivity index (χ1) is 14.4. The number of benzene rings is 1. The standard InChI is InChI=1S/C24H42O5S/c1-3-4-5-6-7-8-9-10-11-12-13-14-15-16-17-21(2)23-19-18-22(20-24(23)25)30(27,28)29-26/h18-21,25-26H,3-17H2,1-2H3. The van der Waals surface area contributed by atoms with E-state index in [1.54, 1.807) is 6.07 Å². The van der Waals surface area contributed by atoms with E-state index >= 15 is 0 Å². The Labute approximate surface area is 183 Å². The van der Waals surface area contributed by atoms with E-state index in [1.807, 2.05) is 6.92 Å². The first-order valence-electron chi connectivity index (χ1n) is 11.8. The van der Waals surface area contributed by atoms with Crippen LogP contribution in [0.1, 0.15) is 122 Å². The molecule has 0 radical (unpaired) electrons. The highest BCUT2D eigenvalue weighted by molar-refractivity contribution is 7.86. The summed E-state index contributed by atoms with van der Waals surface area (Å²) in [6, 6.07) is 4.07. The molecule has 0 amide bonds. The zero-order chi connectivity index (χ0) is 22.2. The number of hydrogen-bond acceptors (Lipinski definition) is 5. The summed E-state index contributed by atoms with van der Waals surface area (Å²) in [5.41, 5.74) is 0.724. The van der Waals surface area contributed by atoms with Gasteiger partial charge in [-0.3, -0.25) is 0 Å². The van der Waals surface area contributed by atoms with Gasteiger partial charge >= 0.3 is 10.1 Å². The summed E-state index contributed by atoms with van der Waals surface area (Å²) < 4.78 is 26.4. The van der Waals surface area contributed by atoms with E-state index in [-0.39, 0.29) is 16.6 Å². The van der Waals surface area contributed by atoms with E-state index in [9.17, 15) is 13.5 Å². The molecule has 2 N–H and O–H groups in total. The Morgan fingerprint density at radius 2 is 1.30 bits per heavy atom. The van der Waals surface area contributed by atoms with E-state index in [0.717, 1.165) is 24.5 Å². The molecule has 1 aromatic rings. The number of hydrogen-bond donors (Lipinski definition) is 2. The van der Waals surface area contributed by atoms with Crippen LogP contribution in [0.2, 0.25) is 0 Å². The zero-order valence-corrected chi connectivity index (χ0v) is 19.8. The second-order valence-corrected chi connectivity index (χ2v) is 10.1. The number of unbranched alkanes of at least 4 members (excludes halogenated alkanes) is 13. The third-order valence-corrected chi connectivity index (χ3v) is 6.94. The van der Waals surface area contributed by atoms with Crippen molar-refractivity contribution in [3.05, 3.63) is 23.8 Å². The molecule has 5 nitrogen and oxygen atoms in total. The van der Waals surface area contributed by atoms with Gasteiger partial charge in [-0.2, -0.15) is 8.42 Å². The molecule has 1 atom stereocenters. The molecule has 0 aromatic heterocycles. The largest absolute Gasteiger partial charge is 0.508 e. The minimum atomic E-state index is -4.21. The molecule has 1 unspecified atom stereocenters. The van der Waals surface area contributed by atoms with Crippen LogP contribution in [0.4, 0.5) is 0 Å². The molecule has 0 aliphatic heterocycles. The first kappa shape index (κ1) is 26.9. The molecule has 0 spiro atoms. The minimum Gasteiger partial charge on any atom is -0.508 e. The van der Waals surface area contributed by atoms with E-state index in [2.05, 4.69) is 11.3 Å². The molecule has 1 rings (SSSR count). The van der Waals surface area contributed by atoms with Crippen molar-refractivity contribution in [1.82, 2.24) is 0 Å². The summed E-state index contributed by atoms with van der Waals surface area (Å²) >= 11 is 0. The van der Waals surface area contributed by atoms with Gasteiger partial charge in [0.15, 0.2) is 0 Å². The van der Waals surface area contributed by atoms with Gasteiger partial charge in [0.25, 0.3) is 0 Å². The summed E-state index contributed by atoms with van der Waals surface area (Å²) in [6.07, 6.45) is 19.5. The molecule has 0 heterocycles. The summed E-state index contributed by atoms with van der Waals surface area (Å²) in [5, 5.41) is 18.6. The fraction of sp³-hybridized carbons (Fsp3) is 0.750. The van der Waals surface area contributed by atoms with Crippen molar-refractivity contribution >= 4 is 10.1 Å². The average molecular weight is 443 g/mol. The molecule has 30 heavy (non-hydrogen) atoms. The molecule has 1 aromatic carbocycles. The van der Waals surface area contributed by atoms with Gasteiger partial charge in [0, 0.05) is 6.07 Å². The van der Waals surface area contributed by atoms with Crippen molar-refractivity contribution in [3.63, 3.8) is 0 Å². The Balaban J connectivity index is 2.09. The van der Waals surface area contributed by atoms with Gasteiger partial charge in [-0.1, -0.05) is 110 Å². The van der Waals surface area contributed by atoms with E-state index < -0.39 is 10.1 Å². The lowest BCUT2D eigenvalue weighted by molar-refractivity contribution is -0.130. The predicted octanol–water partition coefficient (Wildman–Crippen LogP) is 7.55. The van der Waals surface area contributed by atoms with Crippen LogP contribution >= 0.6 is 0 Å². The SMILES string of the molecule is CCCCCCCCCCCCCCCCC(C)c1ccc(S(=O)(=O)OO)cc1O. The maximum atomic E-state index is 11.5. The van der Waals surface area contributed by atoms with E-state index in [1.165, 1.54) is 89.5 Å². The van der Waals surface area contributed by atoms with Crippen LogP contribution in [0.25, 0.3) is 0 Å². The fourth-order valence-corrected chi connectivity index (χ4v) is 4.52. The van der Waals surface area contributed by atoms with Gasteiger partial charge in [-0.05, 0) is 24.0 Å². The van der Waals surface area contributed by atoms with Crippen molar-refractivity contribution in [2.75, 3.05) is 0 Å². The lowest BCUT2D eigenvalue weighted by Gasteiger charge is -2.14. The van der Waals surface area contributed by atoms with Crippen LogP contribution in [0, 0.1) is 0 Å². The monoisotopic (exact) mass is 442 g/mol. The van der Waals surface area contributed by atoms with Gasteiger partial charge in [-0.15, -0.1) is 4.33 Å². The number of rotatable bonds is 18. The highest BCUT2D eigenvalue weighted by Gasteiger charge is 2.18. The average Bonchev–Trinajstić information content (AvgIpc) is 2.73. The van der Waals surface area contributed by atoms with Crippen LogP contribution in [0.3, 0.4) is 0 Å². The molecule has 0 saturated heterocycles. The second-order valence-electron chi connectivity index (χ2n) is 8.54. The summed E-state index contributed by atoms with van der Waals surface area (Å²) in [4.78, 5) is -0.255. The lowest BCUT2D eigenvalue weighted by atomic mass is 9.94. The van der Waals surface area contributed by atoms with Gasteiger partial charge in [0.05, 0.1) is 0 Å². The molecule has 0 bridgehead atoms. The lowest BCUT2D eigenvalue weighted by Crippen LogP contribution is -2.04. The van der Waals surface area contributed by atoms with E-state index in [4.69, 9.17) is 5.26 Å². The molecule has 0 saturated carbocycles. The van der Waals surface area contributed by atoms with Gasteiger partial charge in [-0.25, -0.2) is 5.26 Å².